The van der Waals surface area contributed by atoms with Crippen LogP contribution in [0.1, 0.15) is 24.1 Å². The molecule has 2 heterocycles. The molecule has 0 fully saturated rings. The van der Waals surface area contributed by atoms with Crippen molar-refractivity contribution in [3.63, 3.8) is 0 Å². The molecule has 3 aromatic rings. The molecule has 0 atom stereocenters. The van der Waals surface area contributed by atoms with Crippen molar-refractivity contribution in [1.82, 2.24) is 20.1 Å². The Morgan fingerprint density at radius 3 is 2.76 bits per heavy atom. The Kier molecular flexibility index (Phi) is 5.84. The molecule has 4 rings (SSSR count). The molecule has 0 radical (unpaired) electrons. The lowest BCUT2D eigenvalue weighted by Crippen LogP contribution is -2.32. The van der Waals surface area contributed by atoms with Crippen molar-refractivity contribution < 1.29 is 13.9 Å². The Bertz CT molecular complexity index is 970. The van der Waals surface area contributed by atoms with Gasteiger partial charge in [-0.15, -0.1) is 0 Å². The largest absolute Gasteiger partial charge is 0.484 e. The number of aromatic nitrogens is 3. The van der Waals surface area contributed by atoms with Crippen molar-refractivity contribution in [2.45, 2.75) is 32.2 Å². The minimum Gasteiger partial charge on any atom is -0.484 e. The zero-order valence-corrected chi connectivity index (χ0v) is 16.1. The number of nitrogens with one attached hydrogen (secondary N) is 1. The number of hydrogen-bond acceptors (Lipinski definition) is 4. The monoisotopic (exact) mass is 394 g/mol. The average Bonchev–Trinajstić information content (AvgIpc) is 3.13. The number of carbonyl (C=O) groups is 1. The summed E-state index contributed by atoms with van der Waals surface area (Å²) in [6.07, 6.45) is 6.11. The highest BCUT2D eigenvalue weighted by molar-refractivity contribution is 5.77. The maximum atomic E-state index is 12.9. The second kappa shape index (κ2) is 8.86. The predicted molar refractivity (Wildman–Crippen MR) is 107 cm³/mol. The first-order valence-electron chi connectivity index (χ1n) is 9.86. The van der Waals surface area contributed by atoms with Gasteiger partial charge in [-0.25, -0.2) is 4.39 Å². The van der Waals surface area contributed by atoms with Gasteiger partial charge in [0.25, 0.3) is 5.91 Å². The van der Waals surface area contributed by atoms with Gasteiger partial charge in [-0.3, -0.25) is 14.5 Å². The van der Waals surface area contributed by atoms with Crippen molar-refractivity contribution in [3.05, 3.63) is 65.7 Å². The van der Waals surface area contributed by atoms with Gasteiger partial charge < -0.3 is 10.1 Å². The number of benzene rings is 1. The fourth-order valence-corrected chi connectivity index (χ4v) is 3.60. The van der Waals surface area contributed by atoms with Crippen molar-refractivity contribution in [2.24, 2.45) is 0 Å². The lowest BCUT2D eigenvalue weighted by molar-refractivity contribution is -0.123. The number of rotatable bonds is 7. The lowest BCUT2D eigenvalue weighted by atomic mass is 9.95. The van der Waals surface area contributed by atoms with Crippen LogP contribution in [0.15, 0.2) is 48.7 Å². The van der Waals surface area contributed by atoms with Crippen LogP contribution < -0.4 is 10.1 Å². The number of amides is 1. The third-order valence-electron chi connectivity index (χ3n) is 4.99. The van der Waals surface area contributed by atoms with Crippen LogP contribution in [0.3, 0.4) is 0 Å². The summed E-state index contributed by atoms with van der Waals surface area (Å²) in [4.78, 5) is 16.5. The lowest BCUT2D eigenvalue weighted by Gasteiger charge is -2.14. The fourth-order valence-electron chi connectivity index (χ4n) is 3.60. The average molecular weight is 394 g/mol. The maximum Gasteiger partial charge on any atom is 0.258 e. The third-order valence-corrected chi connectivity index (χ3v) is 4.99. The number of pyridine rings is 1. The summed E-state index contributed by atoms with van der Waals surface area (Å²) in [6, 6.07) is 11.4. The summed E-state index contributed by atoms with van der Waals surface area (Å²) < 4.78 is 20.3. The Morgan fingerprint density at radius 2 is 1.97 bits per heavy atom. The first-order chi connectivity index (χ1) is 14.2. The highest BCUT2D eigenvalue weighted by Crippen LogP contribution is 2.30. The zero-order valence-electron chi connectivity index (χ0n) is 16.1. The molecule has 1 amide bonds. The summed E-state index contributed by atoms with van der Waals surface area (Å²) in [6.45, 7) is 0.945. The van der Waals surface area contributed by atoms with Crippen LogP contribution in [0.5, 0.6) is 5.75 Å². The smallest absolute Gasteiger partial charge is 0.258 e. The van der Waals surface area contributed by atoms with E-state index in [1.807, 2.05) is 22.9 Å². The Balaban J connectivity index is 1.35. The van der Waals surface area contributed by atoms with Gasteiger partial charge in [-0.1, -0.05) is 6.07 Å². The second-order valence-corrected chi connectivity index (χ2v) is 7.01. The van der Waals surface area contributed by atoms with Crippen LogP contribution in [0.4, 0.5) is 4.39 Å². The van der Waals surface area contributed by atoms with E-state index in [0.717, 1.165) is 37.1 Å². The van der Waals surface area contributed by atoms with Gasteiger partial charge >= 0.3 is 0 Å². The first kappa shape index (κ1) is 19.1. The summed E-state index contributed by atoms with van der Waals surface area (Å²) >= 11 is 0. The molecule has 1 aliphatic rings. The number of ether oxygens (including phenoxy) is 1. The van der Waals surface area contributed by atoms with E-state index in [-0.39, 0.29) is 18.3 Å². The molecule has 0 spiro atoms. The van der Waals surface area contributed by atoms with E-state index in [2.05, 4.69) is 10.3 Å². The molecule has 0 saturated heterocycles. The van der Waals surface area contributed by atoms with E-state index >= 15 is 0 Å². The molecule has 1 aliphatic carbocycles. The molecule has 150 valence electrons. The minimum absolute atomic E-state index is 0.109. The Hall–Kier alpha value is -3.22. The standard InChI is InChI=1S/C22H23FN4O2/c23-16-8-10-17(11-9-16)29-15-21(28)25-13-14-27-20-7-2-1-5-18(20)22(26-27)19-6-3-4-12-24-19/h3-4,6,8-12H,1-2,5,7,13-15H2,(H,25,28). The number of fused-ring (bicyclic) bond motifs is 1. The minimum atomic E-state index is -0.338. The normalized spacial score (nSPS) is 13.0. The van der Waals surface area contributed by atoms with E-state index in [9.17, 15) is 9.18 Å². The highest BCUT2D eigenvalue weighted by atomic mass is 19.1. The number of hydrogen-bond donors (Lipinski definition) is 1. The highest BCUT2D eigenvalue weighted by Gasteiger charge is 2.22. The molecule has 6 nitrogen and oxygen atoms in total. The van der Waals surface area contributed by atoms with Gasteiger partial charge in [0, 0.05) is 24.0 Å². The number of nitrogens with zero attached hydrogens (tertiary/aromatic N) is 3. The van der Waals surface area contributed by atoms with E-state index in [1.165, 1.54) is 35.5 Å². The van der Waals surface area contributed by atoms with Gasteiger partial charge in [0.2, 0.25) is 0 Å². The van der Waals surface area contributed by atoms with Crippen molar-refractivity contribution in [1.29, 1.82) is 0 Å². The van der Waals surface area contributed by atoms with Crippen LogP contribution in [0.25, 0.3) is 11.4 Å². The van der Waals surface area contributed by atoms with Crippen LogP contribution in [-0.4, -0.2) is 33.8 Å². The SMILES string of the molecule is O=C(COc1ccc(F)cc1)NCCn1nc(-c2ccccn2)c2c1CCCC2. The van der Waals surface area contributed by atoms with Crippen LogP contribution in [-0.2, 0) is 24.2 Å². The number of carbonyl (C=O) groups excluding carboxylic acids is 1. The van der Waals surface area contributed by atoms with E-state index in [0.29, 0.717) is 18.8 Å². The molecule has 1 aromatic carbocycles. The van der Waals surface area contributed by atoms with Gasteiger partial charge in [-0.05, 0) is 62.1 Å². The molecular weight excluding hydrogens is 371 g/mol. The van der Waals surface area contributed by atoms with Crippen LogP contribution in [0.2, 0.25) is 0 Å². The quantitative estimate of drug-likeness (QED) is 0.668. The van der Waals surface area contributed by atoms with Gasteiger partial charge in [0.1, 0.15) is 17.3 Å². The molecule has 1 N–H and O–H groups in total. The summed E-state index contributed by atoms with van der Waals surface area (Å²) in [5, 5.41) is 7.65. The van der Waals surface area contributed by atoms with Crippen molar-refractivity contribution in [2.75, 3.05) is 13.2 Å². The molecular formula is C22H23FN4O2. The molecule has 7 heteroatoms. The van der Waals surface area contributed by atoms with Crippen LogP contribution in [0, 0.1) is 5.82 Å². The third kappa shape index (κ3) is 4.62. The summed E-state index contributed by atoms with van der Waals surface area (Å²) in [5.41, 5.74) is 4.36. The first-order valence-corrected chi connectivity index (χ1v) is 9.86. The zero-order chi connectivity index (χ0) is 20.1. The predicted octanol–water partition coefficient (Wildman–Crippen LogP) is 3.16. The number of halogens is 1. The Labute approximate surface area is 168 Å². The molecule has 0 saturated carbocycles. The summed E-state index contributed by atoms with van der Waals surface area (Å²) in [5.74, 6) is -0.0996. The van der Waals surface area contributed by atoms with E-state index in [1.54, 1.807) is 6.20 Å². The van der Waals surface area contributed by atoms with Gasteiger partial charge in [0.15, 0.2) is 6.61 Å². The molecule has 29 heavy (non-hydrogen) atoms. The topological polar surface area (TPSA) is 69.0 Å². The van der Waals surface area contributed by atoms with Crippen molar-refractivity contribution in [3.8, 4) is 17.1 Å². The maximum absolute atomic E-state index is 12.9. The molecule has 0 unspecified atom stereocenters. The molecule has 2 aromatic heterocycles. The van der Waals surface area contributed by atoms with Gasteiger partial charge in [-0.2, -0.15) is 5.10 Å². The Morgan fingerprint density at radius 1 is 1.14 bits per heavy atom. The fraction of sp³-hybridized carbons (Fsp3) is 0.318. The van der Waals surface area contributed by atoms with Gasteiger partial charge in [0.05, 0.1) is 12.2 Å². The molecule has 0 aliphatic heterocycles. The molecule has 0 bridgehead atoms. The van der Waals surface area contributed by atoms with Crippen LogP contribution >= 0.6 is 0 Å². The second-order valence-electron chi connectivity index (χ2n) is 7.01. The van der Waals surface area contributed by atoms with E-state index in [4.69, 9.17) is 9.84 Å². The van der Waals surface area contributed by atoms with Crippen molar-refractivity contribution >= 4 is 5.91 Å². The van der Waals surface area contributed by atoms with E-state index < -0.39 is 0 Å². The summed E-state index contributed by atoms with van der Waals surface area (Å²) in [7, 11) is 0.